The fraction of sp³-hybridized carbons (Fsp3) is 0.500. The minimum Gasteiger partial charge on any atom is -0.390 e. The summed E-state index contributed by atoms with van der Waals surface area (Å²) in [5.41, 5.74) is 2.27. The van der Waals surface area contributed by atoms with Gasteiger partial charge in [0.2, 0.25) is 0 Å². The van der Waals surface area contributed by atoms with Crippen LogP contribution in [-0.2, 0) is 13.0 Å². The molecular formula is C26H37N3O2. The highest BCUT2D eigenvalue weighted by Crippen LogP contribution is 2.24. The maximum absolute atomic E-state index is 13.9. The van der Waals surface area contributed by atoms with E-state index in [2.05, 4.69) is 52.0 Å². The molecule has 1 fully saturated rings. The third kappa shape index (κ3) is 6.31. The van der Waals surface area contributed by atoms with Crippen molar-refractivity contribution in [3.8, 4) is 0 Å². The molecule has 1 aliphatic rings. The van der Waals surface area contributed by atoms with Gasteiger partial charge < -0.3 is 10.0 Å². The number of hydrogen-bond donors (Lipinski definition) is 1. The fourth-order valence-corrected chi connectivity index (χ4v) is 4.25. The number of amides is 2. The van der Waals surface area contributed by atoms with Crippen molar-refractivity contribution in [2.24, 2.45) is 11.8 Å². The lowest BCUT2D eigenvalue weighted by Crippen LogP contribution is -2.53. The number of benzene rings is 2. The van der Waals surface area contributed by atoms with E-state index < -0.39 is 6.10 Å². The zero-order chi connectivity index (χ0) is 22.4. The van der Waals surface area contributed by atoms with Crippen molar-refractivity contribution in [1.29, 1.82) is 0 Å². The molecule has 2 amide bonds. The first-order valence-electron chi connectivity index (χ1n) is 11.4. The first-order valence-corrected chi connectivity index (χ1v) is 11.4. The molecule has 5 nitrogen and oxygen atoms in total. The van der Waals surface area contributed by atoms with Crippen LogP contribution in [0.15, 0.2) is 60.7 Å². The average molecular weight is 424 g/mol. The molecule has 0 spiro atoms. The number of aliphatic hydroxyl groups is 1. The van der Waals surface area contributed by atoms with Crippen LogP contribution in [0.4, 0.5) is 4.79 Å². The van der Waals surface area contributed by atoms with Crippen molar-refractivity contribution < 1.29 is 9.90 Å². The van der Waals surface area contributed by atoms with Crippen molar-refractivity contribution >= 4 is 6.03 Å². The van der Waals surface area contributed by atoms with Crippen LogP contribution in [0.1, 0.15) is 38.8 Å². The van der Waals surface area contributed by atoms with Crippen molar-refractivity contribution in [3.63, 3.8) is 0 Å². The summed E-state index contributed by atoms with van der Waals surface area (Å²) in [6, 6.07) is 20.1. The number of hydrazine groups is 1. The summed E-state index contributed by atoms with van der Waals surface area (Å²) in [4.78, 5) is 15.8. The number of β-amino-alcohol motifs (C(OH)–C–C–N with tert-alkyl or cyclic N) is 1. The molecule has 2 aromatic rings. The number of urea groups is 1. The van der Waals surface area contributed by atoms with Gasteiger partial charge in [-0.25, -0.2) is 9.80 Å². The second-order valence-electron chi connectivity index (χ2n) is 9.46. The number of rotatable bonds is 8. The van der Waals surface area contributed by atoms with Crippen molar-refractivity contribution in [1.82, 2.24) is 14.9 Å². The largest absolute Gasteiger partial charge is 0.390 e. The van der Waals surface area contributed by atoms with Gasteiger partial charge in [-0.1, -0.05) is 88.4 Å². The van der Waals surface area contributed by atoms with E-state index in [1.165, 1.54) is 0 Å². The highest BCUT2D eigenvalue weighted by molar-refractivity contribution is 5.75. The summed E-state index contributed by atoms with van der Waals surface area (Å²) in [6.45, 7) is 10.8. The molecule has 0 unspecified atom stereocenters. The lowest BCUT2D eigenvalue weighted by atomic mass is 9.98. The third-order valence-corrected chi connectivity index (χ3v) is 5.65. The quantitative estimate of drug-likeness (QED) is 0.683. The molecule has 0 radical (unpaired) electrons. The van der Waals surface area contributed by atoms with Crippen LogP contribution in [0, 0.1) is 11.8 Å². The van der Waals surface area contributed by atoms with Gasteiger partial charge >= 0.3 is 6.03 Å². The summed E-state index contributed by atoms with van der Waals surface area (Å²) in [7, 11) is 0. The van der Waals surface area contributed by atoms with Gasteiger partial charge in [0.1, 0.15) is 0 Å². The molecule has 2 aromatic carbocycles. The van der Waals surface area contributed by atoms with Crippen LogP contribution in [0.5, 0.6) is 0 Å². The van der Waals surface area contributed by atoms with Gasteiger partial charge in [-0.15, -0.1) is 0 Å². The zero-order valence-electron chi connectivity index (χ0n) is 19.3. The molecule has 3 rings (SSSR count). The SMILES string of the molecule is CC(C)CN1C(=O)N(CC(C)C)N(Cc2ccccc2)C[C@H](O)[C@@H]1Cc1ccccc1. The molecular weight excluding hydrogens is 386 g/mol. The van der Waals surface area contributed by atoms with Gasteiger partial charge in [0.05, 0.1) is 12.1 Å². The lowest BCUT2D eigenvalue weighted by Gasteiger charge is -2.37. The van der Waals surface area contributed by atoms with E-state index in [0.717, 1.165) is 11.1 Å². The van der Waals surface area contributed by atoms with Crippen LogP contribution in [0.3, 0.4) is 0 Å². The average Bonchev–Trinajstić information content (AvgIpc) is 2.81. The molecule has 168 valence electrons. The molecule has 0 aliphatic carbocycles. The predicted molar refractivity (Wildman–Crippen MR) is 125 cm³/mol. The normalized spacial score (nSPS) is 20.5. The van der Waals surface area contributed by atoms with Gasteiger partial charge in [0, 0.05) is 26.2 Å². The van der Waals surface area contributed by atoms with E-state index in [1.54, 1.807) is 0 Å². The molecule has 1 N–H and O–H groups in total. The van der Waals surface area contributed by atoms with Crippen molar-refractivity contribution in [2.75, 3.05) is 19.6 Å². The topological polar surface area (TPSA) is 47.0 Å². The summed E-state index contributed by atoms with van der Waals surface area (Å²) < 4.78 is 0. The van der Waals surface area contributed by atoms with Crippen LogP contribution in [0.2, 0.25) is 0 Å². The minimum atomic E-state index is -0.635. The summed E-state index contributed by atoms with van der Waals surface area (Å²) in [5.74, 6) is 0.641. The zero-order valence-corrected chi connectivity index (χ0v) is 19.3. The second-order valence-corrected chi connectivity index (χ2v) is 9.46. The number of carbonyl (C=O) groups is 1. The highest BCUT2D eigenvalue weighted by atomic mass is 16.3. The number of nitrogens with zero attached hydrogens (tertiary/aromatic N) is 3. The van der Waals surface area contributed by atoms with Gasteiger partial charge in [0.25, 0.3) is 0 Å². The van der Waals surface area contributed by atoms with Gasteiger partial charge in [0.15, 0.2) is 0 Å². The summed E-state index contributed by atoms with van der Waals surface area (Å²) in [6.07, 6.45) is 0.0126. The van der Waals surface area contributed by atoms with E-state index in [1.807, 2.05) is 51.3 Å². The minimum absolute atomic E-state index is 0.00388. The van der Waals surface area contributed by atoms with E-state index in [9.17, 15) is 9.90 Å². The Labute approximate surface area is 187 Å². The number of hydrogen-bond acceptors (Lipinski definition) is 3. The van der Waals surface area contributed by atoms with Crippen LogP contribution < -0.4 is 0 Å². The molecule has 1 saturated heterocycles. The van der Waals surface area contributed by atoms with Gasteiger partial charge in [-0.2, -0.15) is 0 Å². The Morgan fingerprint density at radius 3 is 1.97 bits per heavy atom. The molecule has 1 aliphatic heterocycles. The lowest BCUT2D eigenvalue weighted by molar-refractivity contribution is -0.0220. The van der Waals surface area contributed by atoms with Crippen LogP contribution >= 0.6 is 0 Å². The monoisotopic (exact) mass is 423 g/mol. The molecule has 31 heavy (non-hydrogen) atoms. The Balaban J connectivity index is 1.95. The Morgan fingerprint density at radius 2 is 1.42 bits per heavy atom. The number of carbonyl (C=O) groups excluding carboxylic acids is 1. The molecule has 0 saturated carbocycles. The maximum Gasteiger partial charge on any atom is 0.334 e. The first-order chi connectivity index (χ1) is 14.8. The van der Waals surface area contributed by atoms with E-state index in [4.69, 9.17) is 0 Å². The Kier molecular flexibility index (Phi) is 8.10. The Morgan fingerprint density at radius 1 is 0.871 bits per heavy atom. The van der Waals surface area contributed by atoms with Crippen molar-refractivity contribution in [2.45, 2.75) is 52.8 Å². The summed E-state index contributed by atoms with van der Waals surface area (Å²) >= 11 is 0. The van der Waals surface area contributed by atoms with E-state index >= 15 is 0 Å². The fourth-order valence-electron chi connectivity index (χ4n) is 4.25. The summed E-state index contributed by atoms with van der Waals surface area (Å²) in [5, 5.41) is 15.3. The first kappa shape index (κ1) is 23.3. The van der Waals surface area contributed by atoms with Crippen LogP contribution in [-0.4, -0.2) is 57.8 Å². The van der Waals surface area contributed by atoms with Gasteiger partial charge in [-0.3, -0.25) is 5.01 Å². The molecule has 5 heteroatoms. The molecule has 1 heterocycles. The predicted octanol–water partition coefficient (Wildman–Crippen LogP) is 4.43. The standard InChI is InChI=1S/C26H37N3O2/c1-20(2)16-28-24(15-22-11-7-5-8-12-22)25(30)19-27(18-23-13-9-6-10-14-23)29(26(28)31)17-21(3)4/h5-14,20-21,24-25,30H,15-19H2,1-4H3/t24-,25-/m0/s1. The van der Waals surface area contributed by atoms with Crippen molar-refractivity contribution in [3.05, 3.63) is 71.8 Å². The number of aliphatic hydroxyl groups excluding tert-OH is 1. The molecule has 0 aromatic heterocycles. The van der Waals surface area contributed by atoms with Crippen LogP contribution in [0.25, 0.3) is 0 Å². The molecule has 2 atom stereocenters. The Hall–Kier alpha value is -2.37. The van der Waals surface area contributed by atoms with E-state index in [-0.39, 0.29) is 12.1 Å². The smallest absolute Gasteiger partial charge is 0.334 e. The maximum atomic E-state index is 13.9. The molecule has 0 bridgehead atoms. The van der Waals surface area contributed by atoms with Gasteiger partial charge in [-0.05, 0) is 29.4 Å². The Bertz CT molecular complexity index is 810. The van der Waals surface area contributed by atoms with E-state index in [0.29, 0.717) is 44.4 Å². The third-order valence-electron chi connectivity index (χ3n) is 5.65. The highest BCUT2D eigenvalue weighted by Gasteiger charge is 2.40. The second kappa shape index (κ2) is 10.8.